The molecule has 1 aliphatic carbocycles. The highest BCUT2D eigenvalue weighted by molar-refractivity contribution is 5.25. The van der Waals surface area contributed by atoms with Gasteiger partial charge in [0.15, 0.2) is 0 Å². The van der Waals surface area contributed by atoms with E-state index < -0.39 is 0 Å². The van der Waals surface area contributed by atoms with Gasteiger partial charge in [-0.3, -0.25) is 4.90 Å². The van der Waals surface area contributed by atoms with Gasteiger partial charge in [-0.25, -0.2) is 0 Å². The first-order valence-electron chi connectivity index (χ1n) is 6.02. The molecule has 0 N–H and O–H groups in total. The van der Waals surface area contributed by atoms with Crippen LogP contribution in [0, 0.1) is 24.7 Å². The van der Waals surface area contributed by atoms with Gasteiger partial charge in [0.2, 0.25) is 0 Å². The largest absolute Gasteiger partial charge is 0.298 e. The second-order valence-corrected chi connectivity index (χ2v) is 5.31. The number of fused-ring (bicyclic) bond motifs is 1. The molecule has 0 amide bonds. The van der Waals surface area contributed by atoms with Crippen molar-refractivity contribution in [2.24, 2.45) is 17.8 Å². The first-order chi connectivity index (χ1) is 7.25. The van der Waals surface area contributed by atoms with Crippen LogP contribution < -0.4 is 0 Å². The highest BCUT2D eigenvalue weighted by atomic mass is 15.2. The summed E-state index contributed by atoms with van der Waals surface area (Å²) in [6, 6.07) is 8.77. The number of aryl methyl sites for hydroxylation is 1. The maximum atomic E-state index is 2.62. The van der Waals surface area contributed by atoms with E-state index in [1.807, 2.05) is 0 Å². The molecule has 1 saturated carbocycles. The van der Waals surface area contributed by atoms with Gasteiger partial charge >= 0.3 is 0 Å². The summed E-state index contributed by atoms with van der Waals surface area (Å²) in [7, 11) is 0. The molecule has 1 heteroatoms. The van der Waals surface area contributed by atoms with Crippen molar-refractivity contribution in [1.29, 1.82) is 0 Å². The molecule has 1 heterocycles. The number of nitrogens with zero attached hydrogens (tertiary/aromatic N) is 1. The lowest BCUT2D eigenvalue weighted by atomic mass is 10.1. The quantitative estimate of drug-likeness (QED) is 0.711. The van der Waals surface area contributed by atoms with Gasteiger partial charge in [0.1, 0.15) is 0 Å². The number of piperidine rings is 1. The molecule has 2 fully saturated rings. The van der Waals surface area contributed by atoms with E-state index in [1.54, 1.807) is 0 Å². The monoisotopic (exact) mass is 201 g/mol. The Balaban J connectivity index is 1.65. The summed E-state index contributed by atoms with van der Waals surface area (Å²) >= 11 is 0. The predicted molar refractivity (Wildman–Crippen MR) is 62.6 cm³/mol. The second-order valence-electron chi connectivity index (χ2n) is 5.31. The fourth-order valence-corrected chi connectivity index (χ4v) is 3.07. The molecule has 1 aromatic rings. The third-order valence-corrected chi connectivity index (χ3v) is 4.35. The smallest absolute Gasteiger partial charge is 0.0236 e. The Morgan fingerprint density at radius 3 is 2.53 bits per heavy atom. The summed E-state index contributed by atoms with van der Waals surface area (Å²) in [4.78, 5) is 2.62. The second kappa shape index (κ2) is 3.34. The molecule has 15 heavy (non-hydrogen) atoms. The van der Waals surface area contributed by atoms with Crippen LogP contribution in [0.25, 0.3) is 0 Å². The van der Waals surface area contributed by atoms with Gasteiger partial charge in [0.25, 0.3) is 0 Å². The molecule has 1 saturated heterocycles. The molecule has 0 aromatic heterocycles. The average Bonchev–Trinajstić information content (AvgIpc) is 2.67. The van der Waals surface area contributed by atoms with Crippen LogP contribution in [0.5, 0.6) is 0 Å². The van der Waals surface area contributed by atoms with Crippen molar-refractivity contribution in [1.82, 2.24) is 4.90 Å². The van der Waals surface area contributed by atoms with Crippen LogP contribution in [0.3, 0.4) is 0 Å². The number of hydrogen-bond donors (Lipinski definition) is 0. The molecule has 1 nitrogen and oxygen atoms in total. The Kier molecular flexibility index (Phi) is 2.10. The van der Waals surface area contributed by atoms with Crippen LogP contribution in [0.2, 0.25) is 0 Å². The minimum atomic E-state index is 1.01. The standard InChI is InChI=1S/C14H19N/c1-10-5-3-4-6-12(10)7-15-8-13-11(2)14(13)9-15/h3-6,11,13-14H,7-9H2,1-2H3. The van der Waals surface area contributed by atoms with Gasteiger partial charge in [0, 0.05) is 19.6 Å². The van der Waals surface area contributed by atoms with E-state index in [2.05, 4.69) is 43.0 Å². The molecular weight excluding hydrogens is 182 g/mol. The first kappa shape index (κ1) is 9.41. The van der Waals surface area contributed by atoms with E-state index in [0.29, 0.717) is 0 Å². The molecule has 0 bridgehead atoms. The zero-order chi connectivity index (χ0) is 10.4. The van der Waals surface area contributed by atoms with Gasteiger partial charge in [-0.1, -0.05) is 31.2 Å². The summed E-state index contributed by atoms with van der Waals surface area (Å²) in [5, 5.41) is 0. The minimum absolute atomic E-state index is 1.01. The number of benzene rings is 1. The number of likely N-dealkylation sites (tertiary alicyclic amines) is 1. The Morgan fingerprint density at radius 1 is 1.20 bits per heavy atom. The summed E-state index contributed by atoms with van der Waals surface area (Å²) in [5.41, 5.74) is 2.94. The fraction of sp³-hybridized carbons (Fsp3) is 0.571. The third-order valence-electron chi connectivity index (χ3n) is 4.35. The SMILES string of the molecule is Cc1ccccc1CN1CC2C(C)C2C1. The summed E-state index contributed by atoms with van der Waals surface area (Å²) in [6.45, 7) is 8.45. The number of hydrogen-bond acceptors (Lipinski definition) is 1. The van der Waals surface area contributed by atoms with Crippen LogP contribution in [0.4, 0.5) is 0 Å². The fourth-order valence-electron chi connectivity index (χ4n) is 3.07. The van der Waals surface area contributed by atoms with Gasteiger partial charge in [-0.2, -0.15) is 0 Å². The lowest BCUT2D eigenvalue weighted by Crippen LogP contribution is -2.23. The summed E-state index contributed by atoms with van der Waals surface area (Å²) < 4.78 is 0. The van der Waals surface area contributed by atoms with Crippen molar-refractivity contribution < 1.29 is 0 Å². The molecule has 2 unspecified atom stereocenters. The Bertz CT molecular complexity index is 359. The van der Waals surface area contributed by atoms with E-state index in [9.17, 15) is 0 Å². The zero-order valence-corrected chi connectivity index (χ0v) is 9.61. The van der Waals surface area contributed by atoms with E-state index in [4.69, 9.17) is 0 Å². The van der Waals surface area contributed by atoms with Crippen molar-refractivity contribution in [3.05, 3.63) is 35.4 Å². The van der Waals surface area contributed by atoms with Crippen LogP contribution in [-0.4, -0.2) is 18.0 Å². The molecule has 1 aromatic carbocycles. The van der Waals surface area contributed by atoms with Crippen molar-refractivity contribution in [2.75, 3.05) is 13.1 Å². The van der Waals surface area contributed by atoms with Crippen LogP contribution in [0.1, 0.15) is 18.1 Å². The number of rotatable bonds is 2. The Labute approximate surface area is 92.1 Å². The average molecular weight is 201 g/mol. The van der Waals surface area contributed by atoms with Crippen molar-refractivity contribution in [3.63, 3.8) is 0 Å². The molecule has 0 radical (unpaired) electrons. The van der Waals surface area contributed by atoms with E-state index >= 15 is 0 Å². The maximum Gasteiger partial charge on any atom is 0.0236 e. The highest BCUT2D eigenvalue weighted by Gasteiger charge is 2.52. The van der Waals surface area contributed by atoms with E-state index in [0.717, 1.165) is 24.3 Å². The Hall–Kier alpha value is -0.820. The molecule has 80 valence electrons. The summed E-state index contributed by atoms with van der Waals surface area (Å²) in [5.74, 6) is 3.06. The van der Waals surface area contributed by atoms with Gasteiger partial charge in [-0.05, 0) is 35.8 Å². The molecule has 2 atom stereocenters. The van der Waals surface area contributed by atoms with E-state index in [1.165, 1.54) is 24.2 Å². The van der Waals surface area contributed by atoms with Crippen molar-refractivity contribution in [2.45, 2.75) is 20.4 Å². The van der Waals surface area contributed by atoms with Gasteiger partial charge in [-0.15, -0.1) is 0 Å². The topological polar surface area (TPSA) is 3.24 Å². The van der Waals surface area contributed by atoms with Crippen molar-refractivity contribution in [3.8, 4) is 0 Å². The van der Waals surface area contributed by atoms with Crippen LogP contribution in [-0.2, 0) is 6.54 Å². The Morgan fingerprint density at radius 2 is 1.87 bits per heavy atom. The molecular formula is C14H19N. The van der Waals surface area contributed by atoms with Crippen molar-refractivity contribution >= 4 is 0 Å². The molecule has 3 rings (SSSR count). The van der Waals surface area contributed by atoms with Gasteiger partial charge in [0.05, 0.1) is 0 Å². The predicted octanol–water partition coefficient (Wildman–Crippen LogP) is 2.69. The van der Waals surface area contributed by atoms with E-state index in [-0.39, 0.29) is 0 Å². The van der Waals surface area contributed by atoms with Gasteiger partial charge < -0.3 is 0 Å². The van der Waals surface area contributed by atoms with Crippen LogP contribution in [0.15, 0.2) is 24.3 Å². The lowest BCUT2D eigenvalue weighted by molar-refractivity contribution is 0.281. The lowest BCUT2D eigenvalue weighted by Gasteiger charge is -2.19. The molecule has 0 spiro atoms. The first-order valence-corrected chi connectivity index (χ1v) is 6.02. The maximum absolute atomic E-state index is 2.62. The zero-order valence-electron chi connectivity index (χ0n) is 9.61. The minimum Gasteiger partial charge on any atom is -0.298 e. The summed E-state index contributed by atoms with van der Waals surface area (Å²) in [6.07, 6.45) is 0. The highest BCUT2D eigenvalue weighted by Crippen LogP contribution is 2.51. The third kappa shape index (κ3) is 1.59. The normalized spacial score (nSPS) is 34.1. The molecule has 1 aliphatic heterocycles. The van der Waals surface area contributed by atoms with Crippen LogP contribution >= 0.6 is 0 Å². The molecule has 2 aliphatic rings.